The summed E-state index contributed by atoms with van der Waals surface area (Å²) in [4.78, 5) is 4.39. The Bertz CT molecular complexity index is 566. The summed E-state index contributed by atoms with van der Waals surface area (Å²) in [5.41, 5.74) is 3.71. The summed E-state index contributed by atoms with van der Waals surface area (Å²) < 4.78 is 10.3. The first-order chi connectivity index (χ1) is 9.36. The van der Waals surface area contributed by atoms with Crippen molar-refractivity contribution in [1.82, 2.24) is 15.5 Å². The van der Waals surface area contributed by atoms with Crippen LogP contribution < -0.4 is 5.32 Å². The third kappa shape index (κ3) is 2.67. The van der Waals surface area contributed by atoms with Crippen molar-refractivity contribution in [3.63, 3.8) is 0 Å². The van der Waals surface area contributed by atoms with Gasteiger partial charge in [-0.3, -0.25) is 0 Å². The molecule has 5 heteroatoms. The zero-order valence-electron chi connectivity index (χ0n) is 11.0. The van der Waals surface area contributed by atoms with Crippen molar-refractivity contribution in [1.29, 1.82) is 0 Å². The van der Waals surface area contributed by atoms with Gasteiger partial charge in [0, 0.05) is 25.6 Å². The van der Waals surface area contributed by atoms with Crippen LogP contribution in [0.5, 0.6) is 0 Å². The molecule has 1 aromatic heterocycles. The molecule has 0 saturated heterocycles. The first kappa shape index (κ1) is 12.3. The van der Waals surface area contributed by atoms with Gasteiger partial charge >= 0.3 is 0 Å². The number of hydrogen-bond donors (Lipinski definition) is 1. The van der Waals surface area contributed by atoms with Crippen molar-refractivity contribution in [2.45, 2.75) is 19.4 Å². The molecule has 100 valence electrons. The van der Waals surface area contributed by atoms with Gasteiger partial charge in [0.1, 0.15) is 0 Å². The minimum Gasteiger partial charge on any atom is -0.384 e. The number of fused-ring (bicyclic) bond motifs is 1. The number of methoxy groups -OCH3 is 1. The summed E-state index contributed by atoms with van der Waals surface area (Å²) in [7, 11) is 1.66. The maximum Gasteiger partial charge on any atom is 0.257 e. The second-order valence-corrected chi connectivity index (χ2v) is 4.67. The molecule has 3 rings (SSSR count). The van der Waals surface area contributed by atoms with Crippen molar-refractivity contribution < 1.29 is 9.26 Å². The van der Waals surface area contributed by atoms with E-state index in [1.165, 1.54) is 11.1 Å². The lowest BCUT2D eigenvalue weighted by atomic mass is 9.98. The van der Waals surface area contributed by atoms with E-state index in [2.05, 4.69) is 33.7 Å². The number of rotatable bonds is 4. The highest BCUT2D eigenvalue weighted by Gasteiger charge is 2.13. The number of benzene rings is 1. The van der Waals surface area contributed by atoms with Gasteiger partial charge in [0.15, 0.2) is 5.82 Å². The molecule has 0 saturated carbocycles. The molecule has 1 aromatic carbocycles. The molecule has 0 bridgehead atoms. The van der Waals surface area contributed by atoms with Crippen LogP contribution in [0.15, 0.2) is 22.7 Å². The second-order valence-electron chi connectivity index (χ2n) is 4.67. The van der Waals surface area contributed by atoms with E-state index >= 15 is 0 Å². The van der Waals surface area contributed by atoms with Gasteiger partial charge in [-0.05, 0) is 36.2 Å². The lowest BCUT2D eigenvalue weighted by Crippen LogP contribution is -2.23. The molecule has 5 nitrogen and oxygen atoms in total. The summed E-state index contributed by atoms with van der Waals surface area (Å²) in [6.07, 6.45) is 1.75. The van der Waals surface area contributed by atoms with Gasteiger partial charge in [0.25, 0.3) is 5.89 Å². The smallest absolute Gasteiger partial charge is 0.257 e. The summed E-state index contributed by atoms with van der Waals surface area (Å²) in [6, 6.07) is 6.34. The Balaban J connectivity index is 1.83. The molecule has 0 atom stereocenters. The van der Waals surface area contributed by atoms with Crippen LogP contribution in [0.3, 0.4) is 0 Å². The molecule has 0 amide bonds. The zero-order chi connectivity index (χ0) is 13.1. The van der Waals surface area contributed by atoms with Gasteiger partial charge in [0.2, 0.25) is 0 Å². The number of nitrogens with zero attached hydrogens (tertiary/aromatic N) is 2. The Morgan fingerprint density at radius 3 is 3.21 bits per heavy atom. The molecule has 0 spiro atoms. The normalized spacial score (nSPS) is 14.4. The third-order valence-electron chi connectivity index (χ3n) is 3.34. The Labute approximate surface area is 112 Å². The van der Waals surface area contributed by atoms with Crippen LogP contribution in [0.2, 0.25) is 0 Å². The van der Waals surface area contributed by atoms with Crippen molar-refractivity contribution in [2.24, 2.45) is 0 Å². The molecule has 19 heavy (non-hydrogen) atoms. The average molecular weight is 259 g/mol. The second kappa shape index (κ2) is 5.50. The molecule has 0 fully saturated rings. The van der Waals surface area contributed by atoms with Gasteiger partial charge in [-0.1, -0.05) is 11.2 Å². The Morgan fingerprint density at radius 1 is 1.37 bits per heavy atom. The first-order valence-corrected chi connectivity index (χ1v) is 6.51. The molecule has 1 aliphatic rings. The van der Waals surface area contributed by atoms with Crippen LogP contribution in [-0.2, 0) is 24.1 Å². The highest BCUT2D eigenvalue weighted by Crippen LogP contribution is 2.23. The zero-order valence-corrected chi connectivity index (χ0v) is 11.0. The number of hydrogen-bond acceptors (Lipinski definition) is 5. The van der Waals surface area contributed by atoms with Gasteiger partial charge in [-0.2, -0.15) is 4.98 Å². The summed E-state index contributed by atoms with van der Waals surface area (Å²) in [5.74, 6) is 1.27. The quantitative estimate of drug-likeness (QED) is 0.903. The van der Waals surface area contributed by atoms with E-state index in [9.17, 15) is 0 Å². The van der Waals surface area contributed by atoms with Gasteiger partial charge in [-0.15, -0.1) is 0 Å². The van der Waals surface area contributed by atoms with Crippen LogP contribution >= 0.6 is 0 Å². The predicted molar refractivity (Wildman–Crippen MR) is 70.7 cm³/mol. The highest BCUT2D eigenvalue weighted by atomic mass is 16.5. The summed E-state index contributed by atoms with van der Waals surface area (Å²) in [6.45, 7) is 2.56. The van der Waals surface area contributed by atoms with E-state index in [0.717, 1.165) is 25.1 Å². The van der Waals surface area contributed by atoms with Crippen molar-refractivity contribution >= 4 is 0 Å². The third-order valence-corrected chi connectivity index (χ3v) is 3.34. The van der Waals surface area contributed by atoms with Crippen LogP contribution in [0.25, 0.3) is 11.5 Å². The van der Waals surface area contributed by atoms with E-state index in [1.807, 2.05) is 0 Å². The lowest BCUT2D eigenvalue weighted by molar-refractivity contribution is 0.199. The average Bonchev–Trinajstić information content (AvgIpc) is 2.93. The minimum atomic E-state index is 0.583. The van der Waals surface area contributed by atoms with E-state index in [1.54, 1.807) is 7.11 Å². The van der Waals surface area contributed by atoms with Crippen LogP contribution in [0, 0.1) is 0 Å². The maximum atomic E-state index is 5.30. The minimum absolute atomic E-state index is 0.583. The topological polar surface area (TPSA) is 60.2 Å². The maximum absolute atomic E-state index is 5.30. The van der Waals surface area contributed by atoms with E-state index in [4.69, 9.17) is 9.26 Å². The Hall–Kier alpha value is -1.72. The molecule has 1 aliphatic heterocycles. The molecule has 2 aromatic rings. The highest BCUT2D eigenvalue weighted by molar-refractivity contribution is 5.56. The number of ether oxygens (including phenoxy) is 1. The largest absolute Gasteiger partial charge is 0.384 e. The molecule has 0 unspecified atom stereocenters. The molecule has 1 N–H and O–H groups in total. The Morgan fingerprint density at radius 2 is 2.32 bits per heavy atom. The monoisotopic (exact) mass is 259 g/mol. The SMILES string of the molecule is COCCc1noc(-c2ccc3c(c2)CNCC3)n1. The van der Waals surface area contributed by atoms with Crippen LogP contribution in [-0.4, -0.2) is 30.4 Å². The molecule has 0 radical (unpaired) electrons. The summed E-state index contributed by atoms with van der Waals surface area (Å²) >= 11 is 0. The van der Waals surface area contributed by atoms with E-state index in [-0.39, 0.29) is 0 Å². The summed E-state index contributed by atoms with van der Waals surface area (Å²) in [5, 5.41) is 7.33. The van der Waals surface area contributed by atoms with Crippen LogP contribution in [0.4, 0.5) is 0 Å². The molecule has 0 aliphatic carbocycles. The van der Waals surface area contributed by atoms with Gasteiger partial charge in [-0.25, -0.2) is 0 Å². The fourth-order valence-corrected chi connectivity index (χ4v) is 2.28. The fourth-order valence-electron chi connectivity index (χ4n) is 2.28. The Kier molecular flexibility index (Phi) is 3.57. The van der Waals surface area contributed by atoms with Crippen LogP contribution in [0.1, 0.15) is 17.0 Å². The molecular weight excluding hydrogens is 242 g/mol. The van der Waals surface area contributed by atoms with Gasteiger partial charge < -0.3 is 14.6 Å². The lowest BCUT2D eigenvalue weighted by Gasteiger charge is -2.16. The standard InChI is InChI=1S/C14H17N3O2/c1-18-7-5-13-16-14(19-17-13)11-3-2-10-4-6-15-9-12(10)8-11/h2-3,8,15H,4-7,9H2,1H3. The van der Waals surface area contributed by atoms with Crippen molar-refractivity contribution in [3.05, 3.63) is 35.2 Å². The van der Waals surface area contributed by atoms with E-state index in [0.29, 0.717) is 24.7 Å². The first-order valence-electron chi connectivity index (χ1n) is 6.51. The molecule has 2 heterocycles. The number of nitrogens with one attached hydrogen (secondary N) is 1. The van der Waals surface area contributed by atoms with Crippen molar-refractivity contribution in [2.75, 3.05) is 20.3 Å². The predicted octanol–water partition coefficient (Wildman–Crippen LogP) is 1.57. The molecular formula is C14H17N3O2. The van der Waals surface area contributed by atoms with Crippen molar-refractivity contribution in [3.8, 4) is 11.5 Å². The number of aromatic nitrogens is 2. The van der Waals surface area contributed by atoms with Gasteiger partial charge in [0.05, 0.1) is 6.61 Å². The van der Waals surface area contributed by atoms with E-state index < -0.39 is 0 Å². The fraction of sp³-hybridized carbons (Fsp3) is 0.429.